The number of nitrogens with zero attached hydrogens (tertiary/aromatic N) is 1. The molecule has 2 rings (SSSR count). The minimum absolute atomic E-state index is 0.541. The number of thiazole rings is 1. The van der Waals surface area contributed by atoms with Crippen molar-refractivity contribution in [3.05, 3.63) is 45.4 Å². The van der Waals surface area contributed by atoms with Crippen molar-refractivity contribution in [2.75, 3.05) is 6.54 Å². The minimum atomic E-state index is 0.541. The number of ether oxygens (including phenoxy) is 1. The summed E-state index contributed by atoms with van der Waals surface area (Å²) < 4.78 is 5.81. The number of hydrogen-bond donors (Lipinski definition) is 1. The van der Waals surface area contributed by atoms with Crippen molar-refractivity contribution in [3.8, 4) is 5.75 Å². The van der Waals surface area contributed by atoms with E-state index in [-0.39, 0.29) is 0 Å². The molecule has 3 nitrogen and oxygen atoms in total. The Labute approximate surface area is 131 Å². The highest BCUT2D eigenvalue weighted by molar-refractivity contribution is 7.11. The highest BCUT2D eigenvalue weighted by Crippen LogP contribution is 2.20. The SMILES string of the molecule is Cc1cccc(OCc2nc(C)c(CNCC(C)C)s2)c1. The fourth-order valence-corrected chi connectivity index (χ4v) is 2.99. The first-order chi connectivity index (χ1) is 10.0. The Kier molecular flexibility index (Phi) is 5.76. The van der Waals surface area contributed by atoms with Crippen molar-refractivity contribution in [2.24, 2.45) is 5.92 Å². The summed E-state index contributed by atoms with van der Waals surface area (Å²) in [6.07, 6.45) is 0. The largest absolute Gasteiger partial charge is 0.486 e. The van der Waals surface area contributed by atoms with Crippen LogP contribution in [0.4, 0.5) is 0 Å². The molecular formula is C17H24N2OS. The van der Waals surface area contributed by atoms with Gasteiger partial charge in [-0.05, 0) is 44.0 Å². The third kappa shape index (κ3) is 5.14. The summed E-state index contributed by atoms with van der Waals surface area (Å²) in [4.78, 5) is 5.90. The topological polar surface area (TPSA) is 34.1 Å². The van der Waals surface area contributed by atoms with Gasteiger partial charge in [-0.25, -0.2) is 4.98 Å². The first-order valence-electron chi connectivity index (χ1n) is 7.40. The van der Waals surface area contributed by atoms with Gasteiger partial charge in [0.15, 0.2) is 0 Å². The van der Waals surface area contributed by atoms with Crippen LogP contribution >= 0.6 is 11.3 Å². The van der Waals surface area contributed by atoms with Gasteiger partial charge in [-0.2, -0.15) is 0 Å². The van der Waals surface area contributed by atoms with Crippen LogP contribution in [0.15, 0.2) is 24.3 Å². The number of rotatable bonds is 7. The maximum atomic E-state index is 5.81. The normalized spacial score (nSPS) is 11.1. The molecular weight excluding hydrogens is 280 g/mol. The summed E-state index contributed by atoms with van der Waals surface area (Å²) >= 11 is 1.74. The van der Waals surface area contributed by atoms with Gasteiger partial charge in [-0.15, -0.1) is 11.3 Å². The molecule has 0 aliphatic rings. The Morgan fingerprint density at radius 1 is 1.29 bits per heavy atom. The maximum absolute atomic E-state index is 5.81. The van der Waals surface area contributed by atoms with Crippen molar-refractivity contribution in [1.82, 2.24) is 10.3 Å². The zero-order chi connectivity index (χ0) is 15.2. The van der Waals surface area contributed by atoms with Crippen LogP contribution in [0.1, 0.15) is 35.0 Å². The summed E-state index contributed by atoms with van der Waals surface area (Å²) in [6, 6.07) is 8.11. The molecule has 0 aliphatic carbocycles. The van der Waals surface area contributed by atoms with E-state index in [9.17, 15) is 0 Å². The van der Waals surface area contributed by atoms with E-state index in [2.05, 4.69) is 44.1 Å². The predicted molar refractivity (Wildman–Crippen MR) is 88.9 cm³/mol. The lowest BCUT2D eigenvalue weighted by atomic mass is 10.2. The van der Waals surface area contributed by atoms with Crippen LogP contribution in [0.2, 0.25) is 0 Å². The predicted octanol–water partition coefficient (Wildman–Crippen LogP) is 4.08. The summed E-state index contributed by atoms with van der Waals surface area (Å²) in [5.41, 5.74) is 2.32. The molecule has 1 heterocycles. The summed E-state index contributed by atoms with van der Waals surface area (Å²) in [6.45, 7) is 11.0. The molecule has 114 valence electrons. The van der Waals surface area contributed by atoms with Crippen molar-refractivity contribution in [3.63, 3.8) is 0 Å². The van der Waals surface area contributed by atoms with Crippen molar-refractivity contribution < 1.29 is 4.74 Å². The summed E-state index contributed by atoms with van der Waals surface area (Å²) in [7, 11) is 0. The Bertz CT molecular complexity index is 578. The van der Waals surface area contributed by atoms with Crippen LogP contribution in [-0.2, 0) is 13.2 Å². The summed E-state index contributed by atoms with van der Waals surface area (Å²) in [5.74, 6) is 1.57. The molecule has 2 aromatic rings. The number of aromatic nitrogens is 1. The van der Waals surface area contributed by atoms with Gasteiger partial charge < -0.3 is 10.1 Å². The molecule has 4 heteroatoms. The lowest BCUT2D eigenvalue weighted by Gasteiger charge is -2.05. The second kappa shape index (κ2) is 7.57. The number of benzene rings is 1. The second-order valence-electron chi connectivity index (χ2n) is 5.75. The third-order valence-corrected chi connectivity index (χ3v) is 4.26. The molecule has 0 spiro atoms. The van der Waals surface area contributed by atoms with Crippen LogP contribution in [0.3, 0.4) is 0 Å². The van der Waals surface area contributed by atoms with Crippen LogP contribution in [0, 0.1) is 19.8 Å². The van der Waals surface area contributed by atoms with Gasteiger partial charge in [0.05, 0.1) is 5.69 Å². The van der Waals surface area contributed by atoms with Gasteiger partial charge in [-0.1, -0.05) is 26.0 Å². The molecule has 0 atom stereocenters. The van der Waals surface area contributed by atoms with E-state index >= 15 is 0 Å². The van der Waals surface area contributed by atoms with E-state index < -0.39 is 0 Å². The molecule has 0 unspecified atom stereocenters. The zero-order valence-corrected chi connectivity index (χ0v) is 14.1. The van der Waals surface area contributed by atoms with Crippen LogP contribution in [0.5, 0.6) is 5.75 Å². The van der Waals surface area contributed by atoms with E-state index in [1.165, 1.54) is 10.4 Å². The van der Waals surface area contributed by atoms with Crippen molar-refractivity contribution in [1.29, 1.82) is 0 Å². The molecule has 1 aromatic carbocycles. The summed E-state index contributed by atoms with van der Waals surface area (Å²) in [5, 5.41) is 4.50. The molecule has 0 fully saturated rings. The molecule has 0 radical (unpaired) electrons. The number of nitrogens with one attached hydrogen (secondary N) is 1. The molecule has 0 bridgehead atoms. The Hall–Kier alpha value is -1.39. The average Bonchev–Trinajstić information content (AvgIpc) is 2.77. The smallest absolute Gasteiger partial charge is 0.140 e. The molecule has 1 N–H and O–H groups in total. The number of aryl methyl sites for hydroxylation is 2. The van der Waals surface area contributed by atoms with Gasteiger partial charge >= 0.3 is 0 Å². The Morgan fingerprint density at radius 3 is 2.81 bits per heavy atom. The number of hydrogen-bond acceptors (Lipinski definition) is 4. The molecule has 21 heavy (non-hydrogen) atoms. The van der Waals surface area contributed by atoms with E-state index in [4.69, 9.17) is 4.74 Å². The maximum Gasteiger partial charge on any atom is 0.140 e. The van der Waals surface area contributed by atoms with Gasteiger partial charge in [-0.3, -0.25) is 0 Å². The van der Waals surface area contributed by atoms with Crippen molar-refractivity contribution in [2.45, 2.75) is 40.8 Å². The fourth-order valence-electron chi connectivity index (χ4n) is 2.04. The van der Waals surface area contributed by atoms with Crippen LogP contribution < -0.4 is 10.1 Å². The molecule has 0 saturated carbocycles. The highest BCUT2D eigenvalue weighted by atomic mass is 32.1. The quantitative estimate of drug-likeness (QED) is 0.837. The van der Waals surface area contributed by atoms with E-state index in [1.54, 1.807) is 11.3 Å². The standard InChI is InChI=1S/C17H24N2OS/c1-12(2)9-18-10-16-14(4)19-17(21-16)11-20-15-7-5-6-13(3)8-15/h5-8,12,18H,9-11H2,1-4H3. The van der Waals surface area contributed by atoms with Crippen LogP contribution in [0.25, 0.3) is 0 Å². The second-order valence-corrected chi connectivity index (χ2v) is 6.91. The van der Waals surface area contributed by atoms with E-state index in [0.717, 1.165) is 29.5 Å². The molecule has 0 amide bonds. The molecule has 0 saturated heterocycles. The Morgan fingerprint density at radius 2 is 2.10 bits per heavy atom. The average molecular weight is 304 g/mol. The first kappa shape index (κ1) is 16.0. The van der Waals surface area contributed by atoms with Crippen LogP contribution in [-0.4, -0.2) is 11.5 Å². The van der Waals surface area contributed by atoms with E-state index in [0.29, 0.717) is 12.5 Å². The zero-order valence-electron chi connectivity index (χ0n) is 13.3. The lowest BCUT2D eigenvalue weighted by molar-refractivity contribution is 0.305. The van der Waals surface area contributed by atoms with Gasteiger partial charge in [0.2, 0.25) is 0 Å². The molecule has 0 aliphatic heterocycles. The van der Waals surface area contributed by atoms with E-state index in [1.807, 2.05) is 18.2 Å². The third-order valence-electron chi connectivity index (χ3n) is 3.13. The van der Waals surface area contributed by atoms with Gasteiger partial charge in [0.1, 0.15) is 17.4 Å². The van der Waals surface area contributed by atoms with Gasteiger partial charge in [0.25, 0.3) is 0 Å². The highest BCUT2D eigenvalue weighted by Gasteiger charge is 2.08. The first-order valence-corrected chi connectivity index (χ1v) is 8.21. The Balaban J connectivity index is 1.89. The van der Waals surface area contributed by atoms with Crippen molar-refractivity contribution >= 4 is 11.3 Å². The molecule has 1 aromatic heterocycles. The monoisotopic (exact) mass is 304 g/mol. The lowest BCUT2D eigenvalue weighted by Crippen LogP contribution is -2.18. The fraction of sp³-hybridized carbons (Fsp3) is 0.471. The van der Waals surface area contributed by atoms with Gasteiger partial charge in [0, 0.05) is 11.4 Å². The minimum Gasteiger partial charge on any atom is -0.486 e.